The summed E-state index contributed by atoms with van der Waals surface area (Å²) in [6.45, 7) is 3.62. The number of halogens is 1. The van der Waals surface area contributed by atoms with Crippen molar-refractivity contribution in [3.63, 3.8) is 0 Å². The van der Waals surface area contributed by atoms with Crippen LogP contribution in [0.15, 0.2) is 18.2 Å². The summed E-state index contributed by atoms with van der Waals surface area (Å²) in [7, 11) is 0. The molecule has 25 heavy (non-hydrogen) atoms. The van der Waals surface area contributed by atoms with Crippen LogP contribution >= 0.6 is 11.6 Å². The molecule has 2 aliphatic carbocycles. The highest BCUT2D eigenvalue weighted by Crippen LogP contribution is 2.63. The number of hydrogen-bond acceptors (Lipinski definition) is 1. The van der Waals surface area contributed by atoms with Crippen LogP contribution in [0.4, 0.5) is 5.69 Å². The van der Waals surface area contributed by atoms with E-state index in [9.17, 15) is 0 Å². The summed E-state index contributed by atoms with van der Waals surface area (Å²) >= 11 is 6.30. The van der Waals surface area contributed by atoms with Crippen LogP contribution in [0.3, 0.4) is 0 Å². The molecule has 138 valence electrons. The third-order valence-electron chi connectivity index (χ3n) is 7.59. The average Bonchev–Trinajstić information content (AvgIpc) is 3.11. The van der Waals surface area contributed by atoms with Crippen molar-refractivity contribution in [2.24, 2.45) is 10.8 Å². The number of nitrogens with one attached hydrogen (secondary N) is 1. The van der Waals surface area contributed by atoms with Crippen molar-refractivity contribution in [1.29, 1.82) is 0 Å². The smallest absolute Gasteiger partial charge is 0.0426 e. The van der Waals surface area contributed by atoms with Gasteiger partial charge in [0, 0.05) is 17.3 Å². The predicted molar refractivity (Wildman–Crippen MR) is 109 cm³/mol. The lowest BCUT2D eigenvalue weighted by Crippen LogP contribution is -2.16. The summed E-state index contributed by atoms with van der Waals surface area (Å²) in [6, 6.07) is 6.56. The Labute approximate surface area is 158 Å². The van der Waals surface area contributed by atoms with E-state index in [0.29, 0.717) is 16.7 Å². The molecule has 1 N–H and O–H groups in total. The molecule has 2 bridgehead atoms. The van der Waals surface area contributed by atoms with E-state index in [4.69, 9.17) is 11.6 Å². The normalized spacial score (nSPS) is 35.2. The first-order valence-electron chi connectivity index (χ1n) is 10.6. The van der Waals surface area contributed by atoms with Gasteiger partial charge in [0.1, 0.15) is 0 Å². The molecule has 0 aromatic heterocycles. The summed E-state index contributed by atoms with van der Waals surface area (Å²) in [5.74, 6) is 0.708. The molecule has 3 aliphatic rings. The van der Waals surface area contributed by atoms with E-state index in [-0.39, 0.29) is 0 Å². The molecular formula is C23H34ClN. The molecule has 1 atom stereocenters. The number of hydrogen-bond donors (Lipinski definition) is 1. The zero-order chi connectivity index (χ0) is 17.3. The zero-order valence-corrected chi connectivity index (χ0v) is 16.6. The van der Waals surface area contributed by atoms with Crippen LogP contribution in [-0.4, -0.2) is 6.54 Å². The maximum atomic E-state index is 6.30. The number of rotatable bonds is 3. The highest BCUT2D eigenvalue weighted by atomic mass is 35.5. The highest BCUT2D eigenvalue weighted by molar-refractivity contribution is 6.30. The Morgan fingerprint density at radius 2 is 1.88 bits per heavy atom. The lowest BCUT2D eigenvalue weighted by Gasteiger charge is -2.30. The Hall–Kier alpha value is -0.690. The van der Waals surface area contributed by atoms with Gasteiger partial charge in [-0.25, -0.2) is 0 Å². The Morgan fingerprint density at radius 3 is 2.64 bits per heavy atom. The lowest BCUT2D eigenvalue weighted by molar-refractivity contribution is 0.250. The molecule has 0 radical (unpaired) electrons. The van der Waals surface area contributed by atoms with Crippen molar-refractivity contribution in [2.45, 2.75) is 89.9 Å². The van der Waals surface area contributed by atoms with Gasteiger partial charge in [0.2, 0.25) is 0 Å². The van der Waals surface area contributed by atoms with Gasteiger partial charge in [0.25, 0.3) is 0 Å². The summed E-state index contributed by atoms with van der Waals surface area (Å²) in [5, 5.41) is 4.55. The molecule has 1 nitrogen and oxygen atoms in total. The van der Waals surface area contributed by atoms with Crippen molar-refractivity contribution in [3.05, 3.63) is 28.8 Å². The van der Waals surface area contributed by atoms with E-state index in [1.54, 1.807) is 0 Å². The molecule has 1 unspecified atom stereocenters. The van der Waals surface area contributed by atoms with E-state index >= 15 is 0 Å². The molecule has 2 saturated carbocycles. The third kappa shape index (κ3) is 3.87. The molecule has 0 amide bonds. The quantitative estimate of drug-likeness (QED) is 0.587. The lowest BCUT2D eigenvalue weighted by atomic mass is 9.76. The number of benzene rings is 1. The topological polar surface area (TPSA) is 12.0 Å². The highest BCUT2D eigenvalue weighted by Gasteiger charge is 2.51. The summed E-state index contributed by atoms with van der Waals surface area (Å²) in [5.41, 5.74) is 4.20. The Bertz CT molecular complexity index is 600. The van der Waals surface area contributed by atoms with Crippen molar-refractivity contribution in [2.75, 3.05) is 11.9 Å². The van der Waals surface area contributed by atoms with E-state index in [1.807, 2.05) is 0 Å². The second-order valence-electron chi connectivity index (χ2n) is 9.58. The van der Waals surface area contributed by atoms with Crippen LogP contribution in [0, 0.1) is 10.8 Å². The standard InChI is InChI=1S/C23H34ClN/c1-22-11-13-23(17-22,14-12-22)10-9-18-6-4-2-3-5-15-25-21-16-19(24)7-8-20(18)21/h7-8,16,18,25H,2-6,9-15,17H2,1H3. The van der Waals surface area contributed by atoms with Crippen LogP contribution in [0.25, 0.3) is 0 Å². The Balaban J connectivity index is 1.51. The van der Waals surface area contributed by atoms with Crippen LogP contribution in [0.1, 0.15) is 95.5 Å². The molecule has 1 aromatic rings. The van der Waals surface area contributed by atoms with Crippen LogP contribution < -0.4 is 5.32 Å². The van der Waals surface area contributed by atoms with Crippen LogP contribution in [0.2, 0.25) is 5.02 Å². The number of fused-ring (bicyclic) bond motifs is 3. The zero-order valence-electron chi connectivity index (χ0n) is 15.9. The van der Waals surface area contributed by atoms with Gasteiger partial charge in [-0.3, -0.25) is 0 Å². The molecule has 1 heterocycles. The first kappa shape index (κ1) is 17.7. The average molecular weight is 360 g/mol. The monoisotopic (exact) mass is 359 g/mol. The van der Waals surface area contributed by atoms with Crippen molar-refractivity contribution in [1.82, 2.24) is 0 Å². The fourth-order valence-corrected chi connectivity index (χ4v) is 6.22. The molecule has 0 spiro atoms. The summed E-state index contributed by atoms with van der Waals surface area (Å²) in [4.78, 5) is 0. The third-order valence-corrected chi connectivity index (χ3v) is 7.83. The van der Waals surface area contributed by atoms with E-state index in [2.05, 4.69) is 30.4 Å². The summed E-state index contributed by atoms with van der Waals surface area (Å²) < 4.78 is 0. The van der Waals surface area contributed by atoms with Gasteiger partial charge >= 0.3 is 0 Å². The van der Waals surface area contributed by atoms with Gasteiger partial charge in [-0.1, -0.05) is 43.9 Å². The first-order chi connectivity index (χ1) is 12.1. The van der Waals surface area contributed by atoms with Gasteiger partial charge < -0.3 is 5.32 Å². The molecule has 2 fully saturated rings. The minimum atomic E-state index is 0.684. The Kier molecular flexibility index (Phi) is 5.06. The van der Waals surface area contributed by atoms with Gasteiger partial charge in [-0.05, 0) is 92.2 Å². The SMILES string of the molecule is CC12CCC(CCC3CCCCCCNc4cc(Cl)ccc43)(CC1)C2. The van der Waals surface area contributed by atoms with E-state index < -0.39 is 0 Å². The second kappa shape index (κ2) is 7.14. The van der Waals surface area contributed by atoms with Gasteiger partial charge in [0.05, 0.1) is 0 Å². The molecule has 1 aromatic carbocycles. The van der Waals surface area contributed by atoms with Crippen LogP contribution in [-0.2, 0) is 0 Å². The fourth-order valence-electron chi connectivity index (χ4n) is 6.05. The van der Waals surface area contributed by atoms with Crippen molar-refractivity contribution < 1.29 is 0 Å². The predicted octanol–water partition coefficient (Wildman–Crippen LogP) is 7.55. The van der Waals surface area contributed by atoms with Crippen molar-refractivity contribution in [3.8, 4) is 0 Å². The minimum absolute atomic E-state index is 0.684. The minimum Gasteiger partial charge on any atom is -0.385 e. The molecule has 4 rings (SSSR count). The van der Waals surface area contributed by atoms with Gasteiger partial charge in [0.15, 0.2) is 0 Å². The Morgan fingerprint density at radius 1 is 1.08 bits per heavy atom. The molecule has 1 aliphatic heterocycles. The molecule has 2 heteroatoms. The maximum Gasteiger partial charge on any atom is 0.0426 e. The van der Waals surface area contributed by atoms with Gasteiger partial charge in [-0.2, -0.15) is 0 Å². The first-order valence-corrected chi connectivity index (χ1v) is 11.0. The number of anilines is 1. The largest absolute Gasteiger partial charge is 0.385 e. The van der Waals surface area contributed by atoms with E-state index in [0.717, 1.165) is 11.6 Å². The maximum absolute atomic E-state index is 6.30. The molecule has 0 saturated heterocycles. The fraction of sp³-hybridized carbons (Fsp3) is 0.739. The second-order valence-corrected chi connectivity index (χ2v) is 10.0. The van der Waals surface area contributed by atoms with Crippen LogP contribution in [0.5, 0.6) is 0 Å². The van der Waals surface area contributed by atoms with Gasteiger partial charge in [-0.15, -0.1) is 0 Å². The van der Waals surface area contributed by atoms with Crippen molar-refractivity contribution >= 4 is 17.3 Å². The molecular weight excluding hydrogens is 326 g/mol. The van der Waals surface area contributed by atoms with E-state index in [1.165, 1.54) is 88.3 Å². The summed E-state index contributed by atoms with van der Waals surface area (Å²) in [6.07, 6.45) is 17.0.